The number of nitrogens with zero attached hydrogens (tertiary/aromatic N) is 2. The topological polar surface area (TPSA) is 105 Å². The third-order valence-corrected chi connectivity index (χ3v) is 10.1. The third-order valence-electron chi connectivity index (χ3n) is 6.62. The van der Waals surface area contributed by atoms with Crippen molar-refractivity contribution >= 4 is 20.0 Å². The summed E-state index contributed by atoms with van der Waals surface area (Å²) in [5, 5.41) is 0. The lowest BCUT2D eigenvalue weighted by Crippen LogP contribution is -2.48. The van der Waals surface area contributed by atoms with Crippen molar-refractivity contribution in [3.8, 4) is 11.5 Å². The van der Waals surface area contributed by atoms with Crippen molar-refractivity contribution in [2.45, 2.75) is 48.1 Å². The van der Waals surface area contributed by atoms with Gasteiger partial charge >= 0.3 is 0 Å². The van der Waals surface area contributed by atoms with Gasteiger partial charge in [-0.2, -0.15) is 4.31 Å². The zero-order valence-electron chi connectivity index (χ0n) is 18.9. The van der Waals surface area contributed by atoms with E-state index in [9.17, 15) is 16.8 Å². The van der Waals surface area contributed by atoms with Gasteiger partial charge in [0.2, 0.25) is 26.8 Å². The number of nitrogens with one attached hydrogen (secondary N) is 1. The van der Waals surface area contributed by atoms with Crippen LogP contribution >= 0.6 is 0 Å². The smallest absolute Gasteiger partial charge is 0.243 e. The molecule has 3 aliphatic rings. The maximum absolute atomic E-state index is 13.1. The molecular formula is C23H29N3O6S2. The van der Waals surface area contributed by atoms with Gasteiger partial charge in [0.1, 0.15) is 0 Å². The largest absolute Gasteiger partial charge is 0.454 e. The first-order valence-electron chi connectivity index (χ1n) is 11.5. The highest BCUT2D eigenvalue weighted by atomic mass is 32.2. The number of fused-ring (bicyclic) bond motifs is 1. The van der Waals surface area contributed by atoms with Crippen LogP contribution in [0.2, 0.25) is 0 Å². The minimum absolute atomic E-state index is 0.0395. The SMILES string of the molecule is O=S(=O)(NC1CCCC1)c1ccc(S(=O)(=O)N2CCN(Cc3ccc4c(c3)OCO4)CC2)cc1. The molecule has 0 unspecified atom stereocenters. The van der Waals surface area contributed by atoms with Crippen LogP contribution in [0.4, 0.5) is 0 Å². The van der Waals surface area contributed by atoms with Crippen LogP contribution in [-0.4, -0.2) is 65.1 Å². The molecule has 2 fully saturated rings. The Hall–Kier alpha value is -2.18. The summed E-state index contributed by atoms with van der Waals surface area (Å²) in [7, 11) is -7.35. The van der Waals surface area contributed by atoms with E-state index in [0.29, 0.717) is 32.7 Å². The van der Waals surface area contributed by atoms with Crippen LogP contribution in [-0.2, 0) is 26.6 Å². The Kier molecular flexibility index (Phi) is 6.56. The lowest BCUT2D eigenvalue weighted by Gasteiger charge is -2.34. The van der Waals surface area contributed by atoms with E-state index in [-0.39, 0.29) is 22.6 Å². The molecule has 0 aromatic heterocycles. The predicted molar refractivity (Wildman–Crippen MR) is 126 cm³/mol. The number of rotatable bonds is 7. The zero-order valence-corrected chi connectivity index (χ0v) is 20.5. The van der Waals surface area contributed by atoms with Gasteiger partial charge in [-0.15, -0.1) is 0 Å². The Balaban J connectivity index is 1.20. The van der Waals surface area contributed by atoms with Crippen molar-refractivity contribution in [2.24, 2.45) is 0 Å². The summed E-state index contributed by atoms with van der Waals surface area (Å²) in [6.07, 6.45) is 3.72. The molecule has 0 spiro atoms. The Bertz CT molecular complexity index is 1230. The highest BCUT2D eigenvalue weighted by Crippen LogP contribution is 2.33. The van der Waals surface area contributed by atoms with Crippen LogP contribution in [0.15, 0.2) is 52.3 Å². The number of piperazine rings is 1. The molecule has 34 heavy (non-hydrogen) atoms. The summed E-state index contributed by atoms with van der Waals surface area (Å²) in [5.41, 5.74) is 1.09. The molecule has 0 bridgehead atoms. The first-order valence-corrected chi connectivity index (χ1v) is 14.5. The summed E-state index contributed by atoms with van der Waals surface area (Å²) in [6, 6.07) is 11.3. The van der Waals surface area contributed by atoms with Crippen LogP contribution in [0.3, 0.4) is 0 Å². The van der Waals surface area contributed by atoms with E-state index in [1.807, 2.05) is 18.2 Å². The van der Waals surface area contributed by atoms with Gasteiger partial charge in [0.15, 0.2) is 11.5 Å². The van der Waals surface area contributed by atoms with Crippen molar-refractivity contribution in [1.29, 1.82) is 0 Å². The molecule has 0 amide bonds. The Morgan fingerprint density at radius 2 is 1.47 bits per heavy atom. The molecule has 5 rings (SSSR count). The summed E-state index contributed by atoms with van der Waals surface area (Å²) in [6.45, 7) is 2.88. The van der Waals surface area contributed by atoms with Crippen LogP contribution in [0.5, 0.6) is 11.5 Å². The molecule has 1 aliphatic carbocycles. The molecule has 2 aromatic rings. The predicted octanol–water partition coefficient (Wildman–Crippen LogP) is 2.14. The van der Waals surface area contributed by atoms with Gasteiger partial charge in [-0.1, -0.05) is 18.9 Å². The molecule has 1 saturated carbocycles. The van der Waals surface area contributed by atoms with Gasteiger partial charge in [0.05, 0.1) is 9.79 Å². The molecule has 184 valence electrons. The van der Waals surface area contributed by atoms with Crippen molar-refractivity contribution in [3.05, 3.63) is 48.0 Å². The molecule has 0 radical (unpaired) electrons. The fourth-order valence-electron chi connectivity index (χ4n) is 4.70. The second-order valence-corrected chi connectivity index (χ2v) is 12.6. The Labute approximate surface area is 200 Å². The molecule has 0 atom stereocenters. The zero-order chi connectivity index (χ0) is 23.8. The van der Waals surface area contributed by atoms with E-state index in [1.54, 1.807) is 0 Å². The average molecular weight is 508 g/mol. The number of ether oxygens (including phenoxy) is 2. The van der Waals surface area contributed by atoms with Crippen molar-refractivity contribution < 1.29 is 26.3 Å². The van der Waals surface area contributed by atoms with Gasteiger partial charge < -0.3 is 9.47 Å². The first-order chi connectivity index (χ1) is 16.3. The van der Waals surface area contributed by atoms with Crippen LogP contribution in [0.1, 0.15) is 31.2 Å². The highest BCUT2D eigenvalue weighted by molar-refractivity contribution is 7.89. The second kappa shape index (κ2) is 9.46. The van der Waals surface area contributed by atoms with Crippen LogP contribution in [0.25, 0.3) is 0 Å². The fourth-order valence-corrected chi connectivity index (χ4v) is 7.42. The van der Waals surface area contributed by atoms with Crippen LogP contribution < -0.4 is 14.2 Å². The maximum atomic E-state index is 13.1. The van der Waals surface area contributed by atoms with E-state index < -0.39 is 20.0 Å². The standard InChI is InChI=1S/C23H29N3O6S2/c27-33(28,24-19-3-1-2-4-19)20-6-8-21(9-7-20)34(29,30)26-13-11-25(12-14-26)16-18-5-10-22-23(15-18)32-17-31-22/h5-10,15,19,24H,1-4,11-14,16-17H2. The highest BCUT2D eigenvalue weighted by Gasteiger charge is 2.29. The third kappa shape index (κ3) is 4.94. The molecule has 2 aromatic carbocycles. The Morgan fingerprint density at radius 1 is 0.824 bits per heavy atom. The summed E-state index contributed by atoms with van der Waals surface area (Å²) in [5.74, 6) is 1.48. The van der Waals surface area contributed by atoms with Crippen molar-refractivity contribution in [3.63, 3.8) is 0 Å². The van der Waals surface area contributed by atoms with Crippen molar-refractivity contribution in [2.75, 3.05) is 33.0 Å². The van der Waals surface area contributed by atoms with Crippen molar-refractivity contribution in [1.82, 2.24) is 13.9 Å². The maximum Gasteiger partial charge on any atom is 0.243 e. The lowest BCUT2D eigenvalue weighted by atomic mass is 10.2. The van der Waals surface area contributed by atoms with Gasteiger partial charge in [-0.05, 0) is 54.8 Å². The summed E-state index contributed by atoms with van der Waals surface area (Å²) in [4.78, 5) is 2.40. The van der Waals surface area contributed by atoms with E-state index in [0.717, 1.165) is 42.7 Å². The number of hydrogen-bond acceptors (Lipinski definition) is 7. The average Bonchev–Trinajstić information content (AvgIpc) is 3.51. The van der Waals surface area contributed by atoms with Gasteiger partial charge in [0.25, 0.3) is 0 Å². The van der Waals surface area contributed by atoms with E-state index in [4.69, 9.17) is 9.47 Å². The molecular weight excluding hydrogens is 478 g/mol. The molecule has 2 aliphatic heterocycles. The van der Waals surface area contributed by atoms with E-state index in [1.165, 1.54) is 28.6 Å². The lowest BCUT2D eigenvalue weighted by molar-refractivity contribution is 0.173. The number of hydrogen-bond donors (Lipinski definition) is 1. The number of benzene rings is 2. The molecule has 1 N–H and O–H groups in total. The van der Waals surface area contributed by atoms with Gasteiger partial charge in [0, 0.05) is 38.8 Å². The summed E-state index contributed by atoms with van der Waals surface area (Å²) >= 11 is 0. The van der Waals surface area contributed by atoms with E-state index in [2.05, 4.69) is 9.62 Å². The molecule has 2 heterocycles. The van der Waals surface area contributed by atoms with E-state index >= 15 is 0 Å². The molecule has 1 saturated heterocycles. The van der Waals surface area contributed by atoms with Gasteiger partial charge in [-0.25, -0.2) is 21.6 Å². The quantitative estimate of drug-likeness (QED) is 0.612. The molecule has 11 heteroatoms. The number of sulfonamides is 2. The normalized spacial score (nSPS) is 20.1. The van der Waals surface area contributed by atoms with Gasteiger partial charge in [-0.3, -0.25) is 4.90 Å². The summed E-state index contributed by atoms with van der Waals surface area (Å²) < 4.78 is 66.4. The fraction of sp³-hybridized carbons (Fsp3) is 0.478. The minimum atomic E-state index is -3.70. The Morgan fingerprint density at radius 3 is 2.18 bits per heavy atom. The van der Waals surface area contributed by atoms with Crippen LogP contribution in [0, 0.1) is 0 Å². The minimum Gasteiger partial charge on any atom is -0.454 e. The monoisotopic (exact) mass is 507 g/mol. The second-order valence-electron chi connectivity index (χ2n) is 8.94. The first kappa shape index (κ1) is 23.6. The molecule has 9 nitrogen and oxygen atoms in total.